The number of fused-ring (bicyclic) bond motifs is 1. The third kappa shape index (κ3) is 2.06. The zero-order chi connectivity index (χ0) is 13.4. The van der Waals surface area contributed by atoms with E-state index in [1.165, 1.54) is 6.07 Å². The number of ether oxygens (including phenoxy) is 1. The Morgan fingerprint density at radius 2 is 2.16 bits per heavy atom. The number of aromatic nitrogens is 3. The van der Waals surface area contributed by atoms with Crippen molar-refractivity contribution in [3.63, 3.8) is 0 Å². The zero-order valence-electron chi connectivity index (χ0n) is 10.0. The predicted molar refractivity (Wildman–Crippen MR) is 63.5 cm³/mol. The van der Waals surface area contributed by atoms with Crippen molar-refractivity contribution in [2.45, 2.75) is 18.9 Å². The van der Waals surface area contributed by atoms with E-state index < -0.39 is 11.8 Å². The highest BCUT2D eigenvalue weighted by atomic mass is 19.1. The summed E-state index contributed by atoms with van der Waals surface area (Å²) >= 11 is 0. The molecule has 1 aromatic carbocycles. The Kier molecular flexibility index (Phi) is 2.90. The summed E-state index contributed by atoms with van der Waals surface area (Å²) in [5.41, 5.74) is 0.558. The smallest absolute Gasteiger partial charge is 0.338 e. The van der Waals surface area contributed by atoms with Crippen LogP contribution in [0.4, 0.5) is 4.39 Å². The van der Waals surface area contributed by atoms with E-state index in [4.69, 9.17) is 9.84 Å². The molecule has 7 heteroatoms. The van der Waals surface area contributed by atoms with Gasteiger partial charge in [0.2, 0.25) is 0 Å². The van der Waals surface area contributed by atoms with E-state index in [2.05, 4.69) is 10.3 Å². The van der Waals surface area contributed by atoms with Crippen LogP contribution in [0.25, 0.3) is 11.0 Å². The zero-order valence-corrected chi connectivity index (χ0v) is 10.0. The summed E-state index contributed by atoms with van der Waals surface area (Å²) in [5, 5.41) is 16.9. The Morgan fingerprint density at radius 1 is 1.42 bits per heavy atom. The second-order valence-corrected chi connectivity index (χ2v) is 4.50. The molecule has 19 heavy (non-hydrogen) atoms. The minimum atomic E-state index is -1.29. The number of nitrogens with zero attached hydrogens (tertiary/aromatic N) is 3. The molecule has 100 valence electrons. The molecule has 0 radical (unpaired) electrons. The molecule has 1 saturated heterocycles. The topological polar surface area (TPSA) is 77.2 Å². The van der Waals surface area contributed by atoms with Gasteiger partial charge in [-0.3, -0.25) is 0 Å². The molecule has 0 saturated carbocycles. The number of hydrogen-bond acceptors (Lipinski definition) is 4. The Morgan fingerprint density at radius 3 is 2.84 bits per heavy atom. The minimum Gasteiger partial charge on any atom is -0.478 e. The fraction of sp³-hybridized carbons (Fsp3) is 0.417. The fourth-order valence-electron chi connectivity index (χ4n) is 2.32. The maximum Gasteiger partial charge on any atom is 0.338 e. The van der Waals surface area contributed by atoms with Gasteiger partial charge < -0.3 is 9.84 Å². The third-order valence-corrected chi connectivity index (χ3v) is 3.33. The lowest BCUT2D eigenvalue weighted by Gasteiger charge is -2.22. The van der Waals surface area contributed by atoms with Crippen LogP contribution in [0, 0.1) is 5.82 Å². The number of benzene rings is 1. The van der Waals surface area contributed by atoms with E-state index >= 15 is 0 Å². The Bertz CT molecular complexity index is 634. The van der Waals surface area contributed by atoms with Crippen LogP contribution < -0.4 is 0 Å². The Balaban J connectivity index is 2.10. The number of carboxylic acids is 1. The molecule has 6 nitrogen and oxygen atoms in total. The summed E-state index contributed by atoms with van der Waals surface area (Å²) in [7, 11) is 0. The van der Waals surface area contributed by atoms with E-state index in [0.717, 1.165) is 18.9 Å². The molecule has 0 atom stereocenters. The Labute approximate surface area is 107 Å². The highest BCUT2D eigenvalue weighted by Crippen LogP contribution is 2.25. The van der Waals surface area contributed by atoms with Gasteiger partial charge in [0.25, 0.3) is 0 Å². The fourth-order valence-corrected chi connectivity index (χ4v) is 2.32. The standard InChI is InChI=1S/C12H12FN3O3/c13-9-6-10-11(5-8(9)12(17)18)16(15-14-10)7-1-3-19-4-2-7/h5-7H,1-4H2,(H,17,18). The molecule has 2 heterocycles. The first kappa shape index (κ1) is 12.0. The van der Waals surface area contributed by atoms with Gasteiger partial charge in [-0.2, -0.15) is 0 Å². The first-order valence-corrected chi connectivity index (χ1v) is 6.02. The van der Waals surface area contributed by atoms with Crippen LogP contribution in [-0.4, -0.2) is 39.3 Å². The lowest BCUT2D eigenvalue weighted by atomic mass is 10.1. The predicted octanol–water partition coefficient (Wildman–Crippen LogP) is 1.62. The maximum absolute atomic E-state index is 13.5. The number of rotatable bonds is 2. The van der Waals surface area contributed by atoms with E-state index in [1.54, 1.807) is 4.68 Å². The van der Waals surface area contributed by atoms with Crippen molar-refractivity contribution < 1.29 is 19.0 Å². The van der Waals surface area contributed by atoms with Gasteiger partial charge in [0.05, 0.1) is 17.1 Å². The Hall–Kier alpha value is -2.02. The number of carbonyl (C=O) groups is 1. The number of carboxylic acid groups (broad SMARTS) is 1. The van der Waals surface area contributed by atoms with Gasteiger partial charge in [0.1, 0.15) is 11.3 Å². The molecular weight excluding hydrogens is 253 g/mol. The summed E-state index contributed by atoms with van der Waals surface area (Å²) in [6.07, 6.45) is 1.58. The second-order valence-electron chi connectivity index (χ2n) is 4.50. The first-order chi connectivity index (χ1) is 9.16. The van der Waals surface area contributed by atoms with Crippen LogP contribution in [-0.2, 0) is 4.74 Å². The summed E-state index contributed by atoms with van der Waals surface area (Å²) < 4.78 is 20.5. The van der Waals surface area contributed by atoms with Crippen molar-refractivity contribution in [2.75, 3.05) is 13.2 Å². The van der Waals surface area contributed by atoms with Gasteiger partial charge in [-0.15, -0.1) is 5.10 Å². The van der Waals surface area contributed by atoms with Crippen molar-refractivity contribution in [1.29, 1.82) is 0 Å². The molecule has 0 spiro atoms. The van der Waals surface area contributed by atoms with Gasteiger partial charge >= 0.3 is 5.97 Å². The van der Waals surface area contributed by atoms with Gasteiger partial charge in [-0.25, -0.2) is 13.9 Å². The quantitative estimate of drug-likeness (QED) is 0.892. The van der Waals surface area contributed by atoms with E-state index in [-0.39, 0.29) is 11.6 Å². The molecular formula is C12H12FN3O3. The van der Waals surface area contributed by atoms with Crippen molar-refractivity contribution in [3.8, 4) is 0 Å². The SMILES string of the molecule is O=C(O)c1cc2c(cc1F)nnn2C1CCOCC1. The van der Waals surface area contributed by atoms with Gasteiger partial charge in [0.15, 0.2) is 0 Å². The van der Waals surface area contributed by atoms with E-state index in [0.29, 0.717) is 24.2 Å². The molecule has 2 aromatic rings. The number of hydrogen-bond donors (Lipinski definition) is 1. The van der Waals surface area contributed by atoms with E-state index in [9.17, 15) is 9.18 Å². The van der Waals surface area contributed by atoms with Gasteiger partial charge in [-0.1, -0.05) is 5.21 Å². The first-order valence-electron chi connectivity index (χ1n) is 6.02. The molecule has 0 aliphatic carbocycles. The highest BCUT2D eigenvalue weighted by Gasteiger charge is 2.21. The summed E-state index contributed by atoms with van der Waals surface area (Å²) in [4.78, 5) is 11.0. The van der Waals surface area contributed by atoms with Crippen molar-refractivity contribution >= 4 is 17.0 Å². The molecule has 1 fully saturated rings. The summed E-state index contributed by atoms with van der Waals surface area (Å²) in [6, 6.07) is 2.52. The largest absolute Gasteiger partial charge is 0.478 e. The highest BCUT2D eigenvalue weighted by molar-refractivity contribution is 5.92. The van der Waals surface area contributed by atoms with Crippen molar-refractivity contribution in [1.82, 2.24) is 15.0 Å². The van der Waals surface area contributed by atoms with Crippen molar-refractivity contribution in [3.05, 3.63) is 23.5 Å². The van der Waals surface area contributed by atoms with E-state index in [1.807, 2.05) is 0 Å². The van der Waals surface area contributed by atoms with Crippen LogP contribution in [0.15, 0.2) is 12.1 Å². The average molecular weight is 265 g/mol. The third-order valence-electron chi connectivity index (χ3n) is 3.33. The average Bonchev–Trinajstić information content (AvgIpc) is 2.81. The lowest BCUT2D eigenvalue weighted by Crippen LogP contribution is -2.20. The number of aromatic carboxylic acids is 1. The molecule has 3 rings (SSSR count). The van der Waals surface area contributed by atoms with Crippen LogP contribution in [0.2, 0.25) is 0 Å². The van der Waals surface area contributed by atoms with Crippen LogP contribution >= 0.6 is 0 Å². The van der Waals surface area contributed by atoms with Gasteiger partial charge in [-0.05, 0) is 18.9 Å². The normalized spacial score (nSPS) is 16.9. The lowest BCUT2D eigenvalue weighted by molar-refractivity contribution is 0.0666. The van der Waals surface area contributed by atoms with Crippen LogP contribution in [0.3, 0.4) is 0 Å². The molecule has 0 unspecified atom stereocenters. The number of halogens is 1. The second kappa shape index (κ2) is 4.58. The molecule has 1 aliphatic rings. The summed E-state index contributed by atoms with van der Waals surface area (Å²) in [5.74, 6) is -2.09. The molecule has 1 aromatic heterocycles. The maximum atomic E-state index is 13.5. The monoisotopic (exact) mass is 265 g/mol. The molecule has 0 amide bonds. The molecule has 0 bridgehead atoms. The van der Waals surface area contributed by atoms with Crippen molar-refractivity contribution in [2.24, 2.45) is 0 Å². The molecule has 1 aliphatic heterocycles. The van der Waals surface area contributed by atoms with Gasteiger partial charge in [0, 0.05) is 19.3 Å². The van der Waals surface area contributed by atoms with Crippen LogP contribution in [0.1, 0.15) is 29.2 Å². The minimum absolute atomic E-state index is 0.117. The summed E-state index contributed by atoms with van der Waals surface area (Å²) in [6.45, 7) is 1.28. The van der Waals surface area contributed by atoms with Crippen LogP contribution in [0.5, 0.6) is 0 Å². The molecule has 1 N–H and O–H groups in total.